The van der Waals surface area contributed by atoms with Crippen LogP contribution in [-0.2, 0) is 28.6 Å². The lowest BCUT2D eigenvalue weighted by molar-refractivity contribution is 0.395. The van der Waals surface area contributed by atoms with Crippen molar-refractivity contribution >= 4 is 20.2 Å². The molecule has 0 saturated carbocycles. The molecule has 0 radical (unpaired) electrons. The van der Waals surface area contributed by atoms with Gasteiger partial charge in [0.25, 0.3) is 20.2 Å². The van der Waals surface area contributed by atoms with Gasteiger partial charge in [-0.25, -0.2) is 0 Å². The molecule has 0 aliphatic rings. The normalized spacial score (nSPS) is 12.6. The molecule has 0 aliphatic carbocycles. The standard InChI is InChI=1S/C9H12O6S2/c1-7-8(16(10,11)14-2)5-4-6-9(7)17(12,13)15-3/h4-6H,1-3H3. The van der Waals surface area contributed by atoms with Gasteiger partial charge < -0.3 is 0 Å². The molecule has 96 valence electrons. The van der Waals surface area contributed by atoms with Crippen LogP contribution in [0.4, 0.5) is 0 Å². The van der Waals surface area contributed by atoms with E-state index in [1.54, 1.807) is 0 Å². The van der Waals surface area contributed by atoms with Gasteiger partial charge in [0.05, 0.1) is 24.0 Å². The topological polar surface area (TPSA) is 86.7 Å². The lowest BCUT2D eigenvalue weighted by Crippen LogP contribution is -2.10. The monoisotopic (exact) mass is 280 g/mol. The van der Waals surface area contributed by atoms with Gasteiger partial charge >= 0.3 is 0 Å². The number of hydrogen-bond acceptors (Lipinski definition) is 6. The highest BCUT2D eigenvalue weighted by atomic mass is 32.2. The smallest absolute Gasteiger partial charge is 0.270 e. The molecule has 1 aromatic carbocycles. The molecule has 0 unspecified atom stereocenters. The predicted molar refractivity (Wildman–Crippen MR) is 59.6 cm³/mol. The van der Waals surface area contributed by atoms with Gasteiger partial charge in [-0.05, 0) is 24.6 Å². The van der Waals surface area contributed by atoms with Crippen molar-refractivity contribution in [3.8, 4) is 0 Å². The van der Waals surface area contributed by atoms with Crippen molar-refractivity contribution in [3.63, 3.8) is 0 Å². The Morgan fingerprint density at radius 3 is 1.53 bits per heavy atom. The van der Waals surface area contributed by atoms with E-state index < -0.39 is 20.2 Å². The van der Waals surface area contributed by atoms with Crippen LogP contribution in [0.2, 0.25) is 0 Å². The Morgan fingerprint density at radius 1 is 0.882 bits per heavy atom. The van der Waals surface area contributed by atoms with Crippen molar-refractivity contribution in [2.75, 3.05) is 14.2 Å². The maximum atomic E-state index is 11.5. The van der Waals surface area contributed by atoms with Crippen LogP contribution in [0.15, 0.2) is 28.0 Å². The summed E-state index contributed by atoms with van der Waals surface area (Å²) in [7, 11) is -5.87. The van der Waals surface area contributed by atoms with E-state index in [1.807, 2.05) is 0 Å². The van der Waals surface area contributed by atoms with Crippen molar-refractivity contribution in [1.29, 1.82) is 0 Å². The van der Waals surface area contributed by atoms with E-state index in [4.69, 9.17) is 0 Å². The molecule has 0 heterocycles. The summed E-state index contributed by atoms with van der Waals surface area (Å²) in [6.07, 6.45) is 0. The Kier molecular flexibility index (Phi) is 3.92. The van der Waals surface area contributed by atoms with E-state index in [9.17, 15) is 16.8 Å². The second-order valence-corrected chi connectivity index (χ2v) is 6.48. The van der Waals surface area contributed by atoms with E-state index in [0.717, 1.165) is 14.2 Å². The number of hydrogen-bond donors (Lipinski definition) is 0. The van der Waals surface area contributed by atoms with Gasteiger partial charge in [-0.3, -0.25) is 8.37 Å². The average molecular weight is 280 g/mol. The van der Waals surface area contributed by atoms with Crippen LogP contribution in [0.3, 0.4) is 0 Å². The zero-order valence-electron chi connectivity index (χ0n) is 9.50. The fourth-order valence-corrected chi connectivity index (χ4v) is 3.20. The molecule has 17 heavy (non-hydrogen) atoms. The Hall–Kier alpha value is -0.960. The molecule has 1 aromatic rings. The van der Waals surface area contributed by atoms with Gasteiger partial charge in [0, 0.05) is 0 Å². The summed E-state index contributed by atoms with van der Waals surface area (Å²) in [4.78, 5) is -0.392. The molecule has 0 N–H and O–H groups in total. The highest BCUT2D eigenvalue weighted by molar-refractivity contribution is 7.87. The van der Waals surface area contributed by atoms with Gasteiger partial charge in [-0.2, -0.15) is 16.8 Å². The summed E-state index contributed by atoms with van der Waals surface area (Å²) in [6, 6.07) is 3.84. The van der Waals surface area contributed by atoms with Crippen molar-refractivity contribution in [3.05, 3.63) is 23.8 Å². The SMILES string of the molecule is COS(=O)(=O)c1cccc(S(=O)(=O)OC)c1C. The van der Waals surface area contributed by atoms with Crippen LogP contribution in [0.5, 0.6) is 0 Å². The van der Waals surface area contributed by atoms with Gasteiger partial charge in [0.2, 0.25) is 0 Å². The van der Waals surface area contributed by atoms with Crippen molar-refractivity contribution < 1.29 is 25.2 Å². The fourth-order valence-electron chi connectivity index (χ4n) is 1.32. The molecular weight excluding hydrogens is 268 g/mol. The minimum absolute atomic E-state index is 0.0659. The van der Waals surface area contributed by atoms with Crippen LogP contribution >= 0.6 is 0 Å². The highest BCUT2D eigenvalue weighted by Gasteiger charge is 2.23. The molecule has 0 atom stereocenters. The van der Waals surface area contributed by atoms with Crippen LogP contribution < -0.4 is 0 Å². The van der Waals surface area contributed by atoms with E-state index in [-0.39, 0.29) is 15.4 Å². The van der Waals surface area contributed by atoms with E-state index in [2.05, 4.69) is 8.37 Å². The van der Waals surface area contributed by atoms with E-state index in [1.165, 1.54) is 25.1 Å². The second-order valence-electron chi connectivity index (χ2n) is 3.12. The summed E-state index contributed by atoms with van der Waals surface area (Å²) < 4.78 is 54.8. The molecule has 0 bridgehead atoms. The summed E-state index contributed by atoms with van der Waals surface area (Å²) in [5.74, 6) is 0. The van der Waals surface area contributed by atoms with Gasteiger partial charge in [-0.15, -0.1) is 0 Å². The Bertz CT molecular complexity index is 563. The van der Waals surface area contributed by atoms with E-state index >= 15 is 0 Å². The largest absolute Gasteiger partial charge is 0.297 e. The summed E-state index contributed by atoms with van der Waals surface area (Å²) in [5, 5.41) is 0. The molecule has 0 amide bonds. The fraction of sp³-hybridized carbons (Fsp3) is 0.333. The predicted octanol–water partition coefficient (Wildman–Crippen LogP) is 0.665. The maximum absolute atomic E-state index is 11.5. The van der Waals surface area contributed by atoms with Gasteiger partial charge in [0.15, 0.2) is 0 Å². The van der Waals surface area contributed by atoms with Crippen molar-refractivity contribution in [1.82, 2.24) is 0 Å². The summed E-state index contributed by atoms with van der Waals surface area (Å²) in [6.45, 7) is 1.37. The third kappa shape index (κ3) is 2.65. The molecular formula is C9H12O6S2. The summed E-state index contributed by atoms with van der Waals surface area (Å²) in [5.41, 5.74) is 0.0659. The maximum Gasteiger partial charge on any atom is 0.297 e. The number of rotatable bonds is 4. The summed E-state index contributed by atoms with van der Waals surface area (Å²) >= 11 is 0. The zero-order chi connectivity index (χ0) is 13.3. The van der Waals surface area contributed by atoms with Gasteiger partial charge in [-0.1, -0.05) is 6.07 Å². The lowest BCUT2D eigenvalue weighted by atomic mass is 10.2. The molecule has 1 rings (SSSR count). The third-order valence-corrected chi connectivity index (χ3v) is 5.05. The first kappa shape index (κ1) is 14.1. The molecule has 8 heteroatoms. The molecule has 0 saturated heterocycles. The minimum atomic E-state index is -3.94. The molecule has 0 spiro atoms. The van der Waals surface area contributed by atoms with E-state index in [0.29, 0.717) is 0 Å². The number of benzene rings is 1. The Labute approximate surface area is 100 Å². The molecule has 0 aromatic heterocycles. The van der Waals surface area contributed by atoms with Crippen molar-refractivity contribution in [2.24, 2.45) is 0 Å². The Balaban J connectivity index is 3.58. The third-order valence-electron chi connectivity index (χ3n) is 2.21. The van der Waals surface area contributed by atoms with Crippen LogP contribution in [0.1, 0.15) is 5.56 Å². The zero-order valence-corrected chi connectivity index (χ0v) is 11.1. The molecule has 0 fully saturated rings. The van der Waals surface area contributed by atoms with Crippen LogP contribution in [-0.4, -0.2) is 31.1 Å². The van der Waals surface area contributed by atoms with Gasteiger partial charge in [0.1, 0.15) is 0 Å². The first-order valence-corrected chi connectivity index (χ1v) is 7.29. The highest BCUT2D eigenvalue weighted by Crippen LogP contribution is 2.24. The first-order valence-electron chi connectivity index (χ1n) is 4.47. The minimum Gasteiger partial charge on any atom is -0.270 e. The van der Waals surface area contributed by atoms with Crippen LogP contribution in [0, 0.1) is 6.92 Å². The lowest BCUT2D eigenvalue weighted by Gasteiger charge is -2.09. The molecule has 0 aliphatic heterocycles. The van der Waals surface area contributed by atoms with Crippen LogP contribution in [0.25, 0.3) is 0 Å². The quantitative estimate of drug-likeness (QED) is 0.753. The second kappa shape index (κ2) is 4.73. The van der Waals surface area contributed by atoms with Crippen molar-refractivity contribution in [2.45, 2.75) is 16.7 Å². The first-order chi connectivity index (χ1) is 7.76. The molecule has 6 nitrogen and oxygen atoms in total. The Morgan fingerprint density at radius 2 is 1.24 bits per heavy atom. The average Bonchev–Trinajstić information content (AvgIpc) is 2.28.